The molecule has 2 fully saturated rings. The Morgan fingerprint density at radius 1 is 1.25 bits per heavy atom. The zero-order valence-electron chi connectivity index (χ0n) is 14.9. The molecule has 1 saturated carbocycles. The lowest BCUT2D eigenvalue weighted by molar-refractivity contribution is -0.144. The van der Waals surface area contributed by atoms with Crippen molar-refractivity contribution in [3.05, 3.63) is 29.8 Å². The molecule has 2 unspecified atom stereocenters. The van der Waals surface area contributed by atoms with E-state index in [1.54, 1.807) is 7.11 Å². The van der Waals surface area contributed by atoms with Gasteiger partial charge >= 0.3 is 0 Å². The van der Waals surface area contributed by atoms with Gasteiger partial charge in [0.2, 0.25) is 5.91 Å². The summed E-state index contributed by atoms with van der Waals surface area (Å²) in [6.45, 7) is 6.68. The quantitative estimate of drug-likeness (QED) is 0.802. The molecule has 1 heterocycles. The smallest absolute Gasteiger partial charge is 0.236 e. The van der Waals surface area contributed by atoms with Crippen molar-refractivity contribution in [2.24, 2.45) is 0 Å². The predicted octanol–water partition coefficient (Wildman–Crippen LogP) is 2.30. The molecule has 1 aliphatic carbocycles. The summed E-state index contributed by atoms with van der Waals surface area (Å²) in [7, 11) is 1.70. The SMILES string of the molecule is COc1ccccc1CN(CC(=O)N1CC(C)OC(C)C1)C1CC1. The van der Waals surface area contributed by atoms with Crippen LogP contribution in [0.1, 0.15) is 32.3 Å². The second-order valence-corrected chi connectivity index (χ2v) is 7.00. The van der Waals surface area contributed by atoms with Crippen LogP contribution < -0.4 is 4.74 Å². The third-order valence-electron chi connectivity index (χ3n) is 4.74. The Balaban J connectivity index is 1.65. The summed E-state index contributed by atoms with van der Waals surface area (Å²) in [6.07, 6.45) is 2.58. The normalized spacial score (nSPS) is 24.2. The summed E-state index contributed by atoms with van der Waals surface area (Å²) in [4.78, 5) is 17.0. The van der Waals surface area contributed by atoms with Gasteiger partial charge in [-0.3, -0.25) is 9.69 Å². The first-order valence-electron chi connectivity index (χ1n) is 8.86. The number of morpholine rings is 1. The number of rotatable bonds is 6. The molecule has 5 nitrogen and oxygen atoms in total. The van der Waals surface area contributed by atoms with Crippen molar-refractivity contribution >= 4 is 5.91 Å². The Labute approximate surface area is 144 Å². The molecule has 1 aromatic carbocycles. The Bertz CT molecular complexity index is 563. The van der Waals surface area contributed by atoms with E-state index in [2.05, 4.69) is 11.0 Å². The third kappa shape index (κ3) is 4.28. The lowest BCUT2D eigenvalue weighted by atomic mass is 10.1. The van der Waals surface area contributed by atoms with Crippen LogP contribution in [0.2, 0.25) is 0 Å². The van der Waals surface area contributed by atoms with Gasteiger partial charge < -0.3 is 14.4 Å². The average molecular weight is 332 g/mol. The number of carbonyl (C=O) groups excluding carboxylic acids is 1. The first kappa shape index (κ1) is 17.2. The molecule has 0 spiro atoms. The van der Waals surface area contributed by atoms with Crippen molar-refractivity contribution in [2.75, 3.05) is 26.7 Å². The summed E-state index contributed by atoms with van der Waals surface area (Å²) in [6, 6.07) is 8.59. The van der Waals surface area contributed by atoms with E-state index in [-0.39, 0.29) is 18.1 Å². The van der Waals surface area contributed by atoms with Crippen molar-refractivity contribution in [1.29, 1.82) is 0 Å². The van der Waals surface area contributed by atoms with Gasteiger partial charge in [-0.05, 0) is 32.8 Å². The molecule has 0 aromatic heterocycles. The Morgan fingerprint density at radius 3 is 2.54 bits per heavy atom. The van der Waals surface area contributed by atoms with Gasteiger partial charge in [0.1, 0.15) is 5.75 Å². The van der Waals surface area contributed by atoms with Gasteiger partial charge in [-0.2, -0.15) is 0 Å². The molecule has 24 heavy (non-hydrogen) atoms. The van der Waals surface area contributed by atoms with E-state index in [0.29, 0.717) is 25.7 Å². The van der Waals surface area contributed by atoms with E-state index in [0.717, 1.165) is 17.9 Å². The molecule has 0 N–H and O–H groups in total. The summed E-state index contributed by atoms with van der Waals surface area (Å²) in [5.74, 6) is 1.10. The van der Waals surface area contributed by atoms with Gasteiger partial charge in [-0.15, -0.1) is 0 Å². The number of nitrogens with zero attached hydrogens (tertiary/aromatic N) is 2. The fourth-order valence-electron chi connectivity index (χ4n) is 3.46. The van der Waals surface area contributed by atoms with Crippen molar-refractivity contribution in [3.8, 4) is 5.75 Å². The van der Waals surface area contributed by atoms with Crippen LogP contribution in [-0.4, -0.2) is 60.7 Å². The number of ether oxygens (including phenoxy) is 2. The number of carbonyl (C=O) groups is 1. The molecular weight excluding hydrogens is 304 g/mol. The lowest BCUT2D eigenvalue weighted by Gasteiger charge is -2.36. The molecule has 1 saturated heterocycles. The van der Waals surface area contributed by atoms with Crippen molar-refractivity contribution in [1.82, 2.24) is 9.80 Å². The van der Waals surface area contributed by atoms with Gasteiger partial charge in [-0.1, -0.05) is 18.2 Å². The maximum absolute atomic E-state index is 12.8. The largest absolute Gasteiger partial charge is 0.496 e. The molecule has 132 valence electrons. The van der Waals surface area contributed by atoms with Gasteiger partial charge in [0, 0.05) is 31.2 Å². The summed E-state index contributed by atoms with van der Waals surface area (Å²) >= 11 is 0. The summed E-state index contributed by atoms with van der Waals surface area (Å²) < 4.78 is 11.2. The van der Waals surface area contributed by atoms with Crippen LogP contribution in [0.4, 0.5) is 0 Å². The number of hydrogen-bond acceptors (Lipinski definition) is 4. The van der Waals surface area contributed by atoms with Crippen molar-refractivity contribution in [2.45, 2.75) is 51.5 Å². The predicted molar refractivity (Wildman–Crippen MR) is 93.0 cm³/mol. The van der Waals surface area contributed by atoms with Gasteiger partial charge in [-0.25, -0.2) is 0 Å². The first-order valence-corrected chi connectivity index (χ1v) is 8.86. The van der Waals surface area contributed by atoms with E-state index >= 15 is 0 Å². The van der Waals surface area contributed by atoms with Gasteiger partial charge in [0.15, 0.2) is 0 Å². The molecule has 1 aromatic rings. The molecule has 0 radical (unpaired) electrons. The molecule has 1 aliphatic heterocycles. The minimum absolute atomic E-state index is 0.112. The van der Waals surface area contributed by atoms with E-state index in [9.17, 15) is 4.79 Å². The van der Waals surface area contributed by atoms with Crippen LogP contribution in [0.3, 0.4) is 0 Å². The third-order valence-corrected chi connectivity index (χ3v) is 4.74. The zero-order chi connectivity index (χ0) is 17.1. The first-order chi connectivity index (χ1) is 11.6. The highest BCUT2D eigenvalue weighted by atomic mass is 16.5. The molecule has 2 atom stereocenters. The van der Waals surface area contributed by atoms with Crippen molar-refractivity contribution in [3.63, 3.8) is 0 Å². The Morgan fingerprint density at radius 2 is 1.92 bits per heavy atom. The number of benzene rings is 1. The Kier molecular flexibility index (Phi) is 5.41. The standard InChI is InChI=1S/C19H28N2O3/c1-14-10-21(11-15(2)24-14)19(22)13-20(17-8-9-17)12-16-6-4-5-7-18(16)23-3/h4-7,14-15,17H,8-13H2,1-3H3. The minimum Gasteiger partial charge on any atom is -0.496 e. The fraction of sp³-hybridized carbons (Fsp3) is 0.632. The maximum atomic E-state index is 12.8. The van der Waals surface area contributed by atoms with Crippen LogP contribution in [0.5, 0.6) is 5.75 Å². The van der Waals surface area contributed by atoms with E-state index in [1.165, 1.54) is 12.8 Å². The molecule has 3 rings (SSSR count). The Hall–Kier alpha value is -1.59. The number of amides is 1. The summed E-state index contributed by atoms with van der Waals surface area (Å²) in [5, 5.41) is 0. The number of hydrogen-bond donors (Lipinski definition) is 0. The number of methoxy groups -OCH3 is 1. The molecule has 5 heteroatoms. The second-order valence-electron chi connectivity index (χ2n) is 7.00. The second kappa shape index (κ2) is 7.53. The topological polar surface area (TPSA) is 42.0 Å². The molecular formula is C19H28N2O3. The summed E-state index contributed by atoms with van der Waals surface area (Å²) in [5.41, 5.74) is 1.14. The van der Waals surface area contributed by atoms with E-state index in [1.807, 2.05) is 36.9 Å². The van der Waals surface area contributed by atoms with Crippen molar-refractivity contribution < 1.29 is 14.3 Å². The van der Waals surface area contributed by atoms with Crippen LogP contribution in [-0.2, 0) is 16.1 Å². The number of para-hydroxylation sites is 1. The van der Waals surface area contributed by atoms with E-state index < -0.39 is 0 Å². The van der Waals surface area contributed by atoms with Gasteiger partial charge in [0.25, 0.3) is 0 Å². The monoisotopic (exact) mass is 332 g/mol. The highest BCUT2D eigenvalue weighted by Crippen LogP contribution is 2.30. The highest BCUT2D eigenvalue weighted by Gasteiger charge is 2.33. The molecule has 2 aliphatic rings. The van der Waals surface area contributed by atoms with E-state index in [4.69, 9.17) is 9.47 Å². The van der Waals surface area contributed by atoms with Crippen LogP contribution in [0, 0.1) is 0 Å². The maximum Gasteiger partial charge on any atom is 0.236 e. The van der Waals surface area contributed by atoms with Gasteiger partial charge in [0.05, 0.1) is 25.9 Å². The molecule has 1 amide bonds. The fourth-order valence-corrected chi connectivity index (χ4v) is 3.46. The lowest BCUT2D eigenvalue weighted by Crippen LogP contribution is -2.51. The minimum atomic E-state index is 0.112. The molecule has 0 bridgehead atoms. The highest BCUT2D eigenvalue weighted by molar-refractivity contribution is 5.78. The van der Waals surface area contributed by atoms with Crippen LogP contribution in [0.15, 0.2) is 24.3 Å². The average Bonchev–Trinajstić information content (AvgIpc) is 3.38. The zero-order valence-corrected chi connectivity index (χ0v) is 14.9. The van der Waals surface area contributed by atoms with Crippen LogP contribution in [0.25, 0.3) is 0 Å². The van der Waals surface area contributed by atoms with Crippen LogP contribution >= 0.6 is 0 Å².